The summed E-state index contributed by atoms with van der Waals surface area (Å²) >= 11 is 0. The third-order valence-corrected chi connectivity index (χ3v) is 6.40. The van der Waals surface area contributed by atoms with Gasteiger partial charge in [0.15, 0.2) is 0 Å². The summed E-state index contributed by atoms with van der Waals surface area (Å²) < 4.78 is 26.8. The molecule has 0 spiro atoms. The van der Waals surface area contributed by atoms with Gasteiger partial charge in [-0.1, -0.05) is 0 Å². The zero-order valence-corrected chi connectivity index (χ0v) is 14.4. The van der Waals surface area contributed by atoms with Crippen LogP contribution in [-0.2, 0) is 14.8 Å². The molecule has 3 heterocycles. The summed E-state index contributed by atoms with van der Waals surface area (Å²) in [6.45, 7) is 2.53. The molecule has 0 unspecified atom stereocenters. The number of carbonyl (C=O) groups excluding carboxylic acids is 1. The first kappa shape index (κ1) is 16.5. The smallest absolute Gasteiger partial charge is 0.225 e. The molecule has 2 aliphatic heterocycles. The number of piperidine rings is 2. The van der Waals surface area contributed by atoms with Gasteiger partial charge in [-0.05, 0) is 37.8 Å². The molecule has 128 valence electrons. The predicted molar refractivity (Wildman–Crippen MR) is 88.4 cm³/mol. The van der Waals surface area contributed by atoms with Gasteiger partial charge in [0.2, 0.25) is 15.9 Å². The van der Waals surface area contributed by atoms with E-state index in [1.807, 2.05) is 17.0 Å². The van der Waals surface area contributed by atoms with Crippen LogP contribution in [0.15, 0.2) is 24.5 Å². The Kier molecular flexibility index (Phi) is 4.77. The van der Waals surface area contributed by atoms with Gasteiger partial charge in [-0.25, -0.2) is 12.7 Å². The van der Waals surface area contributed by atoms with E-state index in [1.165, 1.54) is 10.6 Å². The van der Waals surface area contributed by atoms with Crippen LogP contribution in [0.3, 0.4) is 0 Å². The lowest BCUT2D eigenvalue weighted by atomic mass is 9.95. The van der Waals surface area contributed by atoms with Crippen LogP contribution in [0, 0.1) is 5.92 Å². The normalized spacial score (nSPS) is 22.4. The maximum Gasteiger partial charge on any atom is 0.225 e. The molecule has 7 heteroatoms. The molecule has 0 atom stereocenters. The van der Waals surface area contributed by atoms with Crippen molar-refractivity contribution >= 4 is 15.9 Å². The Bertz CT molecular complexity index is 626. The molecule has 0 radical (unpaired) electrons. The van der Waals surface area contributed by atoms with Gasteiger partial charge in [-0.3, -0.25) is 4.79 Å². The first-order valence-electron chi connectivity index (χ1n) is 8.31. The monoisotopic (exact) mass is 339 g/mol. The van der Waals surface area contributed by atoms with E-state index >= 15 is 0 Å². The number of hydrogen-bond donors (Lipinski definition) is 0. The maximum atomic E-state index is 12.7. The number of aromatic nitrogens is 1. The van der Waals surface area contributed by atoms with Gasteiger partial charge >= 0.3 is 0 Å². The van der Waals surface area contributed by atoms with Crippen LogP contribution in [0.25, 0.3) is 0 Å². The lowest BCUT2D eigenvalue weighted by Crippen LogP contribution is -2.46. The number of amides is 1. The second kappa shape index (κ2) is 6.65. The van der Waals surface area contributed by atoms with E-state index in [9.17, 15) is 13.2 Å². The van der Waals surface area contributed by atoms with E-state index in [-0.39, 0.29) is 11.8 Å². The first-order chi connectivity index (χ1) is 10.9. The highest BCUT2D eigenvalue weighted by atomic mass is 32.2. The molecule has 2 saturated heterocycles. The van der Waals surface area contributed by atoms with Crippen LogP contribution in [-0.4, -0.2) is 60.5 Å². The van der Waals surface area contributed by atoms with Crippen LogP contribution in [0.5, 0.6) is 0 Å². The summed E-state index contributed by atoms with van der Waals surface area (Å²) in [6, 6.07) is 4.56. The molecule has 3 rings (SSSR count). The number of rotatable bonds is 3. The van der Waals surface area contributed by atoms with E-state index in [0.29, 0.717) is 32.0 Å². The van der Waals surface area contributed by atoms with Gasteiger partial charge in [-0.2, -0.15) is 0 Å². The van der Waals surface area contributed by atoms with E-state index < -0.39 is 10.0 Å². The molecule has 2 aliphatic rings. The number of hydrogen-bond acceptors (Lipinski definition) is 3. The molecule has 0 saturated carbocycles. The SMILES string of the molecule is CS(=O)(=O)N1CCC(C(=O)N2CCC(n3cccc3)CC2)CC1. The van der Waals surface area contributed by atoms with Crippen LogP contribution < -0.4 is 0 Å². The van der Waals surface area contributed by atoms with Gasteiger partial charge in [-0.15, -0.1) is 0 Å². The van der Waals surface area contributed by atoms with Crippen LogP contribution >= 0.6 is 0 Å². The number of carbonyl (C=O) groups is 1. The molecule has 1 amide bonds. The topological polar surface area (TPSA) is 62.6 Å². The Balaban J connectivity index is 1.50. The van der Waals surface area contributed by atoms with Crippen molar-refractivity contribution < 1.29 is 13.2 Å². The van der Waals surface area contributed by atoms with E-state index in [0.717, 1.165) is 25.9 Å². The molecule has 0 N–H and O–H groups in total. The second-order valence-corrected chi connectivity index (χ2v) is 8.61. The Morgan fingerprint density at radius 1 is 0.957 bits per heavy atom. The zero-order chi connectivity index (χ0) is 16.4. The molecule has 0 bridgehead atoms. The van der Waals surface area contributed by atoms with E-state index in [4.69, 9.17) is 0 Å². The highest BCUT2D eigenvalue weighted by Crippen LogP contribution is 2.26. The number of sulfonamides is 1. The molecular weight excluding hydrogens is 314 g/mol. The Labute approximate surface area is 138 Å². The van der Waals surface area contributed by atoms with Crippen molar-refractivity contribution in [1.29, 1.82) is 0 Å². The largest absolute Gasteiger partial charge is 0.351 e. The van der Waals surface area contributed by atoms with Crippen molar-refractivity contribution in [2.24, 2.45) is 5.92 Å². The standard InChI is InChI=1S/C16H25N3O3S/c1-23(21,22)19-12-4-14(5-13-19)16(20)18-10-6-15(7-11-18)17-8-2-3-9-17/h2-3,8-9,14-15H,4-7,10-13H2,1H3. The molecule has 6 nitrogen and oxygen atoms in total. The maximum absolute atomic E-state index is 12.7. The van der Waals surface area contributed by atoms with Crippen molar-refractivity contribution in [1.82, 2.24) is 13.8 Å². The van der Waals surface area contributed by atoms with Crippen molar-refractivity contribution in [3.05, 3.63) is 24.5 Å². The highest BCUT2D eigenvalue weighted by molar-refractivity contribution is 7.88. The van der Waals surface area contributed by atoms with Gasteiger partial charge in [0.1, 0.15) is 0 Å². The highest BCUT2D eigenvalue weighted by Gasteiger charge is 2.33. The van der Waals surface area contributed by atoms with Crippen LogP contribution in [0.2, 0.25) is 0 Å². The predicted octanol–water partition coefficient (Wildman–Crippen LogP) is 1.32. The third-order valence-electron chi connectivity index (χ3n) is 5.10. The number of likely N-dealkylation sites (tertiary alicyclic amines) is 1. The van der Waals surface area contributed by atoms with Crippen LogP contribution in [0.1, 0.15) is 31.7 Å². The van der Waals surface area contributed by atoms with Gasteiger partial charge in [0.05, 0.1) is 6.26 Å². The first-order valence-corrected chi connectivity index (χ1v) is 10.2. The van der Waals surface area contributed by atoms with Crippen molar-refractivity contribution in [3.63, 3.8) is 0 Å². The molecule has 2 fully saturated rings. The van der Waals surface area contributed by atoms with Gasteiger partial charge in [0.25, 0.3) is 0 Å². The fraction of sp³-hybridized carbons (Fsp3) is 0.688. The molecule has 1 aromatic heterocycles. The minimum Gasteiger partial charge on any atom is -0.351 e. The molecule has 23 heavy (non-hydrogen) atoms. The van der Waals surface area contributed by atoms with E-state index in [2.05, 4.69) is 17.0 Å². The second-order valence-electron chi connectivity index (χ2n) is 6.62. The fourth-order valence-electron chi connectivity index (χ4n) is 3.67. The summed E-state index contributed by atoms with van der Waals surface area (Å²) in [7, 11) is -3.13. The lowest BCUT2D eigenvalue weighted by molar-refractivity contribution is -0.138. The van der Waals surface area contributed by atoms with E-state index in [1.54, 1.807) is 0 Å². The van der Waals surface area contributed by atoms with Crippen molar-refractivity contribution in [2.75, 3.05) is 32.4 Å². The summed E-state index contributed by atoms with van der Waals surface area (Å²) in [5, 5.41) is 0. The van der Waals surface area contributed by atoms with Gasteiger partial charge in [0, 0.05) is 50.5 Å². The minimum absolute atomic E-state index is 0.0175. The average Bonchev–Trinajstić information content (AvgIpc) is 3.08. The summed E-state index contributed by atoms with van der Waals surface area (Å²) in [6.07, 6.45) is 8.67. The molecule has 0 aromatic carbocycles. The molecule has 0 aliphatic carbocycles. The van der Waals surface area contributed by atoms with Gasteiger partial charge < -0.3 is 9.47 Å². The quantitative estimate of drug-likeness (QED) is 0.834. The zero-order valence-electron chi connectivity index (χ0n) is 13.6. The molecule has 1 aromatic rings. The number of nitrogens with zero attached hydrogens (tertiary/aromatic N) is 3. The summed E-state index contributed by atoms with van der Waals surface area (Å²) in [4.78, 5) is 14.6. The Morgan fingerprint density at radius 3 is 2.04 bits per heavy atom. The average molecular weight is 339 g/mol. The minimum atomic E-state index is -3.13. The third kappa shape index (κ3) is 3.77. The van der Waals surface area contributed by atoms with Crippen molar-refractivity contribution in [3.8, 4) is 0 Å². The molecular formula is C16H25N3O3S. The Hall–Kier alpha value is -1.34. The fourth-order valence-corrected chi connectivity index (χ4v) is 4.54. The van der Waals surface area contributed by atoms with Crippen LogP contribution in [0.4, 0.5) is 0 Å². The summed E-state index contributed by atoms with van der Waals surface area (Å²) in [5.74, 6) is 0.195. The summed E-state index contributed by atoms with van der Waals surface area (Å²) in [5.41, 5.74) is 0. The Morgan fingerprint density at radius 2 is 1.52 bits per heavy atom. The van der Waals surface area contributed by atoms with Crippen molar-refractivity contribution in [2.45, 2.75) is 31.7 Å². The lowest BCUT2D eigenvalue weighted by Gasteiger charge is -2.37.